The fraction of sp³-hybridized carbons (Fsp3) is 0.333. The van der Waals surface area contributed by atoms with E-state index in [4.69, 9.17) is 0 Å². The molecule has 110 valence electrons. The Labute approximate surface area is 126 Å². The van der Waals surface area contributed by atoms with E-state index in [2.05, 4.69) is 25.2 Å². The van der Waals surface area contributed by atoms with Gasteiger partial charge in [0.25, 0.3) is 5.91 Å². The number of carbonyl (C=O) groups excluding carboxylic acids is 1. The molecular formula is C18H23N2O+. The van der Waals surface area contributed by atoms with Gasteiger partial charge in [0, 0.05) is 24.7 Å². The quantitative estimate of drug-likeness (QED) is 0.838. The molecule has 1 aromatic carbocycles. The van der Waals surface area contributed by atoms with Crippen LogP contribution in [-0.4, -0.2) is 5.91 Å². The topological polar surface area (TPSA) is 33.0 Å². The van der Waals surface area contributed by atoms with Gasteiger partial charge in [-0.2, -0.15) is 4.57 Å². The molecule has 0 aliphatic carbocycles. The normalized spacial score (nSPS) is 12.0. The number of rotatable bonds is 5. The summed E-state index contributed by atoms with van der Waals surface area (Å²) in [6, 6.07) is 14.0. The van der Waals surface area contributed by atoms with Crippen LogP contribution in [0.25, 0.3) is 0 Å². The highest BCUT2D eigenvalue weighted by Crippen LogP contribution is 2.26. The molecular weight excluding hydrogens is 260 g/mol. The summed E-state index contributed by atoms with van der Waals surface area (Å²) in [6.07, 6.45) is 2.98. The van der Waals surface area contributed by atoms with Crippen molar-refractivity contribution in [2.45, 2.75) is 39.7 Å². The smallest absolute Gasteiger partial charge is 0.290 e. The molecule has 1 amide bonds. The predicted molar refractivity (Wildman–Crippen MR) is 85.2 cm³/mol. The number of para-hydroxylation sites is 1. The summed E-state index contributed by atoms with van der Waals surface area (Å²) < 4.78 is 1.95. The van der Waals surface area contributed by atoms with Crippen LogP contribution < -0.4 is 9.88 Å². The third-order valence-electron chi connectivity index (χ3n) is 3.86. The van der Waals surface area contributed by atoms with Gasteiger partial charge in [-0.15, -0.1) is 0 Å². The Morgan fingerprint density at radius 3 is 2.62 bits per heavy atom. The molecule has 0 radical (unpaired) electrons. The fourth-order valence-corrected chi connectivity index (χ4v) is 2.34. The molecule has 0 bridgehead atoms. The van der Waals surface area contributed by atoms with E-state index in [9.17, 15) is 4.79 Å². The minimum absolute atomic E-state index is 0.00468. The lowest BCUT2D eigenvalue weighted by molar-refractivity contribution is -0.690. The van der Waals surface area contributed by atoms with Crippen molar-refractivity contribution in [3.05, 3.63) is 59.9 Å². The van der Waals surface area contributed by atoms with Crippen molar-refractivity contribution in [2.24, 2.45) is 0 Å². The van der Waals surface area contributed by atoms with Gasteiger partial charge in [0.2, 0.25) is 6.54 Å². The zero-order chi connectivity index (χ0) is 15.2. The van der Waals surface area contributed by atoms with Crippen molar-refractivity contribution in [1.29, 1.82) is 0 Å². The van der Waals surface area contributed by atoms with Crippen LogP contribution in [0.3, 0.4) is 0 Å². The van der Waals surface area contributed by atoms with Gasteiger partial charge >= 0.3 is 0 Å². The first-order valence-corrected chi connectivity index (χ1v) is 7.45. The molecule has 2 rings (SSSR count). The van der Waals surface area contributed by atoms with Crippen molar-refractivity contribution in [3.63, 3.8) is 0 Å². The Hall–Kier alpha value is -2.16. The summed E-state index contributed by atoms with van der Waals surface area (Å²) in [5.74, 6) is 0.442. The lowest BCUT2D eigenvalue weighted by Gasteiger charge is -2.15. The molecule has 1 atom stereocenters. The molecule has 1 N–H and O–H groups in total. The van der Waals surface area contributed by atoms with E-state index in [1.165, 1.54) is 5.56 Å². The van der Waals surface area contributed by atoms with Crippen molar-refractivity contribution >= 4 is 11.6 Å². The molecule has 3 heteroatoms. The molecule has 1 aromatic heterocycles. The highest BCUT2D eigenvalue weighted by atomic mass is 16.1. The van der Waals surface area contributed by atoms with Crippen LogP contribution >= 0.6 is 0 Å². The second-order valence-corrected chi connectivity index (χ2v) is 5.41. The first-order chi connectivity index (χ1) is 10.1. The summed E-state index contributed by atoms with van der Waals surface area (Å²) >= 11 is 0. The molecule has 2 aromatic rings. The molecule has 0 aliphatic rings. The van der Waals surface area contributed by atoms with Crippen molar-refractivity contribution in [1.82, 2.24) is 0 Å². The number of anilines is 1. The SMILES string of the molecule is CC[C@H](C)c1ccccc1NC(=O)C[n+]1ccccc1C. The van der Waals surface area contributed by atoms with Crippen LogP contribution in [0, 0.1) is 6.92 Å². The maximum atomic E-state index is 12.3. The van der Waals surface area contributed by atoms with Gasteiger partial charge in [0.05, 0.1) is 0 Å². The van der Waals surface area contributed by atoms with Crippen LogP contribution in [-0.2, 0) is 11.3 Å². The van der Waals surface area contributed by atoms with E-state index in [1.807, 2.05) is 54.1 Å². The number of aromatic nitrogens is 1. The summed E-state index contributed by atoms with van der Waals surface area (Å²) in [5, 5.41) is 3.04. The first kappa shape index (κ1) is 15.2. The molecule has 0 spiro atoms. The van der Waals surface area contributed by atoms with E-state index >= 15 is 0 Å². The fourth-order valence-electron chi connectivity index (χ4n) is 2.34. The minimum atomic E-state index is 0.00468. The largest absolute Gasteiger partial charge is 0.320 e. The number of hydrogen-bond acceptors (Lipinski definition) is 1. The highest BCUT2D eigenvalue weighted by molar-refractivity contribution is 5.90. The number of hydrogen-bond donors (Lipinski definition) is 1. The summed E-state index contributed by atoms with van der Waals surface area (Å²) in [5.41, 5.74) is 3.19. The van der Waals surface area contributed by atoms with E-state index in [0.29, 0.717) is 12.5 Å². The van der Waals surface area contributed by atoms with Gasteiger partial charge in [-0.3, -0.25) is 4.79 Å². The van der Waals surface area contributed by atoms with Crippen molar-refractivity contribution in [2.75, 3.05) is 5.32 Å². The van der Waals surface area contributed by atoms with Crippen LogP contribution in [0.1, 0.15) is 37.4 Å². The molecule has 21 heavy (non-hydrogen) atoms. The number of nitrogens with one attached hydrogen (secondary N) is 1. The van der Waals surface area contributed by atoms with E-state index in [0.717, 1.165) is 17.8 Å². The third-order valence-corrected chi connectivity index (χ3v) is 3.86. The average Bonchev–Trinajstić information content (AvgIpc) is 2.49. The average molecular weight is 283 g/mol. The van der Waals surface area contributed by atoms with Gasteiger partial charge in [-0.25, -0.2) is 0 Å². The Morgan fingerprint density at radius 1 is 1.19 bits per heavy atom. The first-order valence-electron chi connectivity index (χ1n) is 7.45. The number of pyridine rings is 1. The minimum Gasteiger partial charge on any atom is -0.320 e. The molecule has 0 saturated heterocycles. The number of benzene rings is 1. The van der Waals surface area contributed by atoms with Gasteiger partial charge in [-0.05, 0) is 24.0 Å². The number of aryl methyl sites for hydroxylation is 1. The molecule has 0 aliphatic heterocycles. The maximum Gasteiger partial charge on any atom is 0.290 e. The van der Waals surface area contributed by atoms with Gasteiger partial charge in [-0.1, -0.05) is 38.1 Å². The Bertz CT molecular complexity index is 622. The van der Waals surface area contributed by atoms with Crippen LogP contribution in [0.2, 0.25) is 0 Å². The molecule has 1 heterocycles. The lowest BCUT2D eigenvalue weighted by Crippen LogP contribution is -2.42. The Morgan fingerprint density at radius 2 is 1.90 bits per heavy atom. The maximum absolute atomic E-state index is 12.3. The van der Waals surface area contributed by atoms with E-state index in [-0.39, 0.29) is 5.91 Å². The molecule has 0 saturated carbocycles. The number of carbonyl (C=O) groups is 1. The number of nitrogens with zero attached hydrogens (tertiary/aromatic N) is 1. The number of amides is 1. The Balaban J connectivity index is 2.12. The third kappa shape index (κ3) is 3.91. The lowest BCUT2D eigenvalue weighted by atomic mass is 9.97. The Kier molecular flexibility index (Phi) is 5.09. The second-order valence-electron chi connectivity index (χ2n) is 5.41. The summed E-state index contributed by atoms with van der Waals surface area (Å²) in [4.78, 5) is 12.3. The van der Waals surface area contributed by atoms with Gasteiger partial charge in [0.1, 0.15) is 0 Å². The van der Waals surface area contributed by atoms with Crippen molar-refractivity contribution < 1.29 is 9.36 Å². The van der Waals surface area contributed by atoms with Gasteiger partial charge < -0.3 is 5.32 Å². The van der Waals surface area contributed by atoms with Gasteiger partial charge in [0.15, 0.2) is 11.9 Å². The standard InChI is InChI=1S/C18H22N2O/c1-4-14(2)16-10-5-6-11-17(16)19-18(21)13-20-12-8-7-9-15(20)3/h5-12,14H,4,13H2,1-3H3/p+1/t14-/m0/s1. The van der Waals surface area contributed by atoms with Crippen molar-refractivity contribution in [3.8, 4) is 0 Å². The molecule has 3 nitrogen and oxygen atoms in total. The van der Waals surface area contributed by atoms with E-state index < -0.39 is 0 Å². The second kappa shape index (κ2) is 7.02. The summed E-state index contributed by atoms with van der Waals surface area (Å²) in [6.45, 7) is 6.68. The van der Waals surface area contributed by atoms with E-state index in [1.54, 1.807) is 0 Å². The van der Waals surface area contributed by atoms with Crippen LogP contribution in [0.4, 0.5) is 5.69 Å². The van der Waals surface area contributed by atoms with Crippen LogP contribution in [0.15, 0.2) is 48.7 Å². The molecule has 0 unspecified atom stereocenters. The zero-order valence-electron chi connectivity index (χ0n) is 13.0. The monoisotopic (exact) mass is 283 g/mol. The highest BCUT2D eigenvalue weighted by Gasteiger charge is 2.15. The molecule has 0 fully saturated rings. The summed E-state index contributed by atoms with van der Waals surface area (Å²) in [7, 11) is 0. The zero-order valence-corrected chi connectivity index (χ0v) is 13.0. The predicted octanol–water partition coefficient (Wildman–Crippen LogP) is 3.43. The van der Waals surface area contributed by atoms with Crippen LogP contribution in [0.5, 0.6) is 0 Å².